The molecule has 0 saturated heterocycles. The Kier molecular flexibility index (Phi) is 2.80. The highest BCUT2D eigenvalue weighted by atomic mass is 79.9. The van der Waals surface area contributed by atoms with E-state index in [2.05, 4.69) is 34.1 Å². The van der Waals surface area contributed by atoms with Crippen molar-refractivity contribution in [1.82, 2.24) is 0 Å². The second-order valence-electron chi connectivity index (χ2n) is 6.62. The lowest BCUT2D eigenvalue weighted by Crippen LogP contribution is -2.08. The molecule has 2 saturated carbocycles. The number of hydrogen-bond acceptors (Lipinski definition) is 0. The molecule has 0 radical (unpaired) electrons. The van der Waals surface area contributed by atoms with E-state index in [1.807, 2.05) is 0 Å². The zero-order chi connectivity index (χ0) is 12.1. The summed E-state index contributed by atoms with van der Waals surface area (Å²) < 4.78 is 0. The molecule has 4 rings (SSSR count). The van der Waals surface area contributed by atoms with Crippen LogP contribution in [0.4, 0.5) is 0 Å². The Labute approximate surface area is 118 Å². The fraction of sp³-hybridized carbons (Fsp3) is 0.647. The van der Waals surface area contributed by atoms with Crippen molar-refractivity contribution in [3.8, 4) is 0 Å². The van der Waals surface area contributed by atoms with Crippen LogP contribution in [0.2, 0.25) is 0 Å². The topological polar surface area (TPSA) is 0 Å². The van der Waals surface area contributed by atoms with E-state index in [-0.39, 0.29) is 0 Å². The summed E-state index contributed by atoms with van der Waals surface area (Å²) in [5, 5.41) is 0. The summed E-state index contributed by atoms with van der Waals surface area (Å²) in [6.45, 7) is 0. The Balaban J connectivity index is 1.56. The molecule has 3 aliphatic carbocycles. The normalized spacial score (nSPS) is 34.8. The molecule has 1 heteroatoms. The van der Waals surface area contributed by atoms with Gasteiger partial charge in [0.2, 0.25) is 0 Å². The summed E-state index contributed by atoms with van der Waals surface area (Å²) in [7, 11) is 0. The first-order valence-electron chi connectivity index (χ1n) is 7.57. The lowest BCUT2D eigenvalue weighted by atomic mass is 9.87. The van der Waals surface area contributed by atoms with Crippen LogP contribution in [-0.4, -0.2) is 0 Å². The number of aryl methyl sites for hydroxylation is 2. The molecule has 0 heterocycles. The maximum absolute atomic E-state index is 3.99. The molecule has 1 aromatic carbocycles. The first-order chi connectivity index (χ1) is 8.81. The Morgan fingerprint density at radius 3 is 2.44 bits per heavy atom. The van der Waals surface area contributed by atoms with Crippen molar-refractivity contribution < 1.29 is 0 Å². The Bertz CT molecular complexity index is 455. The van der Waals surface area contributed by atoms with Crippen molar-refractivity contribution in [2.45, 2.75) is 49.8 Å². The average molecular weight is 305 g/mol. The molecule has 0 amide bonds. The molecule has 0 spiro atoms. The Morgan fingerprint density at radius 1 is 0.944 bits per heavy atom. The first-order valence-corrected chi connectivity index (χ1v) is 8.48. The number of rotatable bonds is 2. The van der Waals surface area contributed by atoms with Crippen LogP contribution >= 0.6 is 15.9 Å². The maximum Gasteiger partial charge on any atom is 0.0423 e. The van der Waals surface area contributed by atoms with Gasteiger partial charge in [-0.25, -0.2) is 0 Å². The molecule has 2 fully saturated rings. The van der Waals surface area contributed by atoms with Crippen LogP contribution in [0.25, 0.3) is 0 Å². The van der Waals surface area contributed by atoms with Gasteiger partial charge in [0.1, 0.15) is 0 Å². The van der Waals surface area contributed by atoms with Crippen LogP contribution in [0.5, 0.6) is 0 Å². The van der Waals surface area contributed by atoms with Crippen LogP contribution in [0, 0.1) is 17.8 Å². The molecule has 1 aromatic rings. The predicted octanol–water partition coefficient (Wildman–Crippen LogP) is 5.05. The van der Waals surface area contributed by atoms with Crippen LogP contribution < -0.4 is 0 Å². The SMILES string of the molecule is BrC(c1ccc2c(c1)CCCC2)C1CC2CC2C1. The fourth-order valence-electron chi connectivity index (χ4n) is 4.20. The minimum atomic E-state index is 0.609. The largest absolute Gasteiger partial charge is 0.0836 e. The highest BCUT2D eigenvalue weighted by molar-refractivity contribution is 9.09. The lowest BCUT2D eigenvalue weighted by Gasteiger charge is -2.22. The summed E-state index contributed by atoms with van der Waals surface area (Å²) in [5.41, 5.74) is 4.78. The van der Waals surface area contributed by atoms with Gasteiger partial charge in [0.05, 0.1) is 0 Å². The Morgan fingerprint density at radius 2 is 1.67 bits per heavy atom. The van der Waals surface area contributed by atoms with Crippen LogP contribution in [0.1, 0.15) is 53.6 Å². The number of benzene rings is 1. The second kappa shape index (κ2) is 4.37. The van der Waals surface area contributed by atoms with Gasteiger partial charge >= 0.3 is 0 Å². The molecule has 0 nitrogen and oxygen atoms in total. The molecule has 0 bridgehead atoms. The molecule has 3 aliphatic rings. The molecule has 96 valence electrons. The zero-order valence-corrected chi connectivity index (χ0v) is 12.5. The fourth-order valence-corrected chi connectivity index (χ4v) is 4.91. The standard InChI is InChI=1S/C17H21Br/c18-17(16-9-14-8-15(14)10-16)13-6-5-11-3-1-2-4-12(11)7-13/h5-7,14-17H,1-4,8-10H2. The van der Waals surface area contributed by atoms with Crippen LogP contribution in [-0.2, 0) is 12.8 Å². The summed E-state index contributed by atoms with van der Waals surface area (Å²) in [6, 6.07) is 7.28. The zero-order valence-electron chi connectivity index (χ0n) is 10.9. The van der Waals surface area contributed by atoms with E-state index in [1.165, 1.54) is 44.9 Å². The van der Waals surface area contributed by atoms with E-state index < -0.39 is 0 Å². The minimum Gasteiger partial charge on any atom is -0.0836 e. The van der Waals surface area contributed by atoms with E-state index in [0.717, 1.165) is 17.8 Å². The lowest BCUT2D eigenvalue weighted by molar-refractivity contribution is 0.481. The second-order valence-corrected chi connectivity index (χ2v) is 7.61. The minimum absolute atomic E-state index is 0.609. The van der Waals surface area contributed by atoms with Gasteiger partial charge in [-0.3, -0.25) is 0 Å². The van der Waals surface area contributed by atoms with E-state index in [1.54, 1.807) is 16.7 Å². The van der Waals surface area contributed by atoms with Gasteiger partial charge in [0, 0.05) is 4.83 Å². The van der Waals surface area contributed by atoms with Gasteiger partial charge in [-0.15, -0.1) is 0 Å². The molecule has 3 atom stereocenters. The van der Waals surface area contributed by atoms with Crippen molar-refractivity contribution in [1.29, 1.82) is 0 Å². The molecule has 0 aliphatic heterocycles. The third kappa shape index (κ3) is 1.95. The van der Waals surface area contributed by atoms with Gasteiger partial charge in [-0.2, -0.15) is 0 Å². The van der Waals surface area contributed by atoms with Crippen molar-refractivity contribution in [2.75, 3.05) is 0 Å². The summed E-state index contributed by atoms with van der Waals surface area (Å²) in [4.78, 5) is 0.609. The maximum atomic E-state index is 3.99. The molecular weight excluding hydrogens is 284 g/mol. The van der Waals surface area contributed by atoms with Crippen LogP contribution in [0.15, 0.2) is 18.2 Å². The molecule has 18 heavy (non-hydrogen) atoms. The predicted molar refractivity (Wildman–Crippen MR) is 79.1 cm³/mol. The van der Waals surface area contributed by atoms with Crippen molar-refractivity contribution in [3.05, 3.63) is 34.9 Å². The van der Waals surface area contributed by atoms with Gasteiger partial charge in [-0.1, -0.05) is 34.1 Å². The Hall–Kier alpha value is -0.300. The summed E-state index contributed by atoms with van der Waals surface area (Å²) in [5.74, 6) is 3.08. The third-order valence-electron chi connectivity index (χ3n) is 5.38. The molecule has 0 N–H and O–H groups in total. The molecule has 0 aromatic heterocycles. The number of halogens is 1. The average Bonchev–Trinajstić information content (AvgIpc) is 3.04. The smallest absolute Gasteiger partial charge is 0.0423 e. The van der Waals surface area contributed by atoms with Gasteiger partial charge in [0.25, 0.3) is 0 Å². The van der Waals surface area contributed by atoms with Gasteiger partial charge in [0.15, 0.2) is 0 Å². The third-order valence-corrected chi connectivity index (χ3v) is 6.66. The van der Waals surface area contributed by atoms with Crippen molar-refractivity contribution in [2.24, 2.45) is 17.8 Å². The van der Waals surface area contributed by atoms with E-state index in [9.17, 15) is 0 Å². The number of fused-ring (bicyclic) bond motifs is 2. The quantitative estimate of drug-likeness (QED) is 0.671. The highest BCUT2D eigenvalue weighted by Gasteiger charge is 2.47. The summed E-state index contributed by atoms with van der Waals surface area (Å²) in [6.07, 6.45) is 9.84. The van der Waals surface area contributed by atoms with E-state index >= 15 is 0 Å². The number of hydrogen-bond donors (Lipinski definition) is 0. The van der Waals surface area contributed by atoms with Gasteiger partial charge in [-0.05, 0) is 79.4 Å². The van der Waals surface area contributed by atoms with E-state index in [4.69, 9.17) is 0 Å². The van der Waals surface area contributed by atoms with E-state index in [0.29, 0.717) is 4.83 Å². The highest BCUT2D eigenvalue weighted by Crippen LogP contribution is 2.58. The molecular formula is C17H21Br. The first kappa shape index (κ1) is 11.5. The monoisotopic (exact) mass is 304 g/mol. The van der Waals surface area contributed by atoms with Crippen LogP contribution in [0.3, 0.4) is 0 Å². The summed E-state index contributed by atoms with van der Waals surface area (Å²) >= 11 is 3.99. The molecule has 3 unspecified atom stereocenters. The van der Waals surface area contributed by atoms with Crippen molar-refractivity contribution in [3.63, 3.8) is 0 Å². The number of alkyl halides is 1. The van der Waals surface area contributed by atoms with Gasteiger partial charge < -0.3 is 0 Å². The van der Waals surface area contributed by atoms with Crippen molar-refractivity contribution >= 4 is 15.9 Å².